The molecule has 0 amide bonds. The zero-order valence-electron chi connectivity index (χ0n) is 14.8. The van der Waals surface area contributed by atoms with Gasteiger partial charge in [0, 0.05) is 35.3 Å². The van der Waals surface area contributed by atoms with Gasteiger partial charge >= 0.3 is 5.97 Å². The van der Waals surface area contributed by atoms with E-state index in [0.717, 1.165) is 23.5 Å². The van der Waals surface area contributed by atoms with Crippen LogP contribution in [0.25, 0.3) is 5.69 Å². The maximum Gasteiger partial charge on any atom is 0.337 e. The number of hydrogen-bond donors (Lipinski definition) is 2. The van der Waals surface area contributed by atoms with Crippen molar-refractivity contribution in [3.63, 3.8) is 0 Å². The van der Waals surface area contributed by atoms with Gasteiger partial charge in [-0.05, 0) is 51.0 Å². The molecule has 0 saturated carbocycles. The second-order valence-electron chi connectivity index (χ2n) is 6.34. The molecule has 134 valence electrons. The third-order valence-corrected chi connectivity index (χ3v) is 4.47. The fraction of sp³-hybridized carbons (Fsp3) is 0.250. The van der Waals surface area contributed by atoms with E-state index in [2.05, 4.69) is 9.97 Å². The lowest BCUT2D eigenvalue weighted by Gasteiger charge is -2.14. The molecule has 6 nitrogen and oxygen atoms in total. The molecule has 0 unspecified atom stereocenters. The van der Waals surface area contributed by atoms with Crippen LogP contribution in [0.15, 0.2) is 42.9 Å². The van der Waals surface area contributed by atoms with Gasteiger partial charge in [0.25, 0.3) is 0 Å². The smallest absolute Gasteiger partial charge is 0.337 e. The number of carboxylic acids is 1. The highest BCUT2D eigenvalue weighted by atomic mass is 16.4. The molecule has 0 atom stereocenters. The van der Waals surface area contributed by atoms with Gasteiger partial charge in [0.1, 0.15) is 0 Å². The van der Waals surface area contributed by atoms with Gasteiger partial charge in [-0.3, -0.25) is 4.79 Å². The number of rotatable bonds is 7. The summed E-state index contributed by atoms with van der Waals surface area (Å²) < 4.78 is 1.87. The third kappa shape index (κ3) is 3.59. The molecule has 3 rings (SSSR count). The highest BCUT2D eigenvalue weighted by Gasteiger charge is 2.17. The van der Waals surface area contributed by atoms with E-state index in [4.69, 9.17) is 0 Å². The maximum atomic E-state index is 12.6. The Hall–Kier alpha value is -3.15. The number of nitrogens with one attached hydrogen (secondary N) is 1. The monoisotopic (exact) mass is 351 g/mol. The number of H-pyrrole nitrogens is 1. The number of ketones is 1. The number of carboxylic acid groups (broad SMARTS) is 1. The SMILES string of the molecule is Cc1ccc(C)n1-c1cc(C(=O)CCCc2cnc[nH]2)ccc1C(=O)O. The zero-order valence-corrected chi connectivity index (χ0v) is 14.8. The number of aryl methyl sites for hydroxylation is 3. The zero-order chi connectivity index (χ0) is 18.7. The van der Waals surface area contributed by atoms with Crippen molar-refractivity contribution in [3.05, 3.63) is 71.1 Å². The number of Topliss-reactive ketones (excluding diaryl/α,β-unsaturated/α-hetero) is 1. The highest BCUT2D eigenvalue weighted by molar-refractivity contribution is 5.99. The minimum absolute atomic E-state index is 0.00478. The van der Waals surface area contributed by atoms with Crippen LogP contribution in [0.3, 0.4) is 0 Å². The van der Waals surface area contributed by atoms with Crippen LogP contribution in [0.2, 0.25) is 0 Å². The van der Waals surface area contributed by atoms with Gasteiger partial charge in [-0.2, -0.15) is 0 Å². The quantitative estimate of drug-likeness (QED) is 0.635. The number of nitrogens with zero attached hydrogens (tertiary/aromatic N) is 2. The third-order valence-electron chi connectivity index (χ3n) is 4.47. The van der Waals surface area contributed by atoms with Crippen molar-refractivity contribution in [2.45, 2.75) is 33.1 Å². The second-order valence-corrected chi connectivity index (χ2v) is 6.34. The first-order valence-electron chi connectivity index (χ1n) is 8.50. The van der Waals surface area contributed by atoms with Gasteiger partial charge in [-0.25, -0.2) is 9.78 Å². The van der Waals surface area contributed by atoms with Crippen LogP contribution in [0.1, 0.15) is 50.6 Å². The van der Waals surface area contributed by atoms with E-state index in [1.54, 1.807) is 24.7 Å². The summed E-state index contributed by atoms with van der Waals surface area (Å²) in [4.78, 5) is 31.2. The van der Waals surface area contributed by atoms with E-state index in [1.165, 1.54) is 6.07 Å². The lowest BCUT2D eigenvalue weighted by molar-refractivity contribution is 0.0696. The number of benzene rings is 1. The first-order valence-corrected chi connectivity index (χ1v) is 8.50. The molecule has 6 heteroatoms. The number of imidazole rings is 1. The molecular formula is C20H21N3O3. The summed E-state index contributed by atoms with van der Waals surface area (Å²) in [6.07, 6.45) is 5.23. The average Bonchev–Trinajstić information content (AvgIpc) is 3.24. The highest BCUT2D eigenvalue weighted by Crippen LogP contribution is 2.23. The molecule has 1 aromatic carbocycles. The van der Waals surface area contributed by atoms with Crippen molar-refractivity contribution in [2.24, 2.45) is 0 Å². The van der Waals surface area contributed by atoms with E-state index in [9.17, 15) is 14.7 Å². The Morgan fingerprint density at radius 3 is 2.50 bits per heavy atom. The molecule has 2 N–H and O–H groups in total. The minimum Gasteiger partial charge on any atom is -0.478 e. The van der Waals surface area contributed by atoms with Gasteiger partial charge in [0.05, 0.1) is 17.6 Å². The summed E-state index contributed by atoms with van der Waals surface area (Å²) in [7, 11) is 0. The van der Waals surface area contributed by atoms with E-state index in [0.29, 0.717) is 24.1 Å². The number of aromatic nitrogens is 3. The van der Waals surface area contributed by atoms with Crippen molar-refractivity contribution in [2.75, 3.05) is 0 Å². The minimum atomic E-state index is -1.01. The average molecular weight is 351 g/mol. The number of carbonyl (C=O) groups is 2. The van der Waals surface area contributed by atoms with Crippen LogP contribution < -0.4 is 0 Å². The van der Waals surface area contributed by atoms with Crippen molar-refractivity contribution >= 4 is 11.8 Å². The predicted octanol–water partition coefficient (Wildman–Crippen LogP) is 3.72. The molecule has 0 spiro atoms. The van der Waals surface area contributed by atoms with Crippen LogP contribution in [-0.4, -0.2) is 31.4 Å². The fourth-order valence-corrected chi connectivity index (χ4v) is 3.12. The van der Waals surface area contributed by atoms with Crippen molar-refractivity contribution in [3.8, 4) is 5.69 Å². The summed E-state index contributed by atoms with van der Waals surface area (Å²) in [5, 5.41) is 9.52. The van der Waals surface area contributed by atoms with Crippen LogP contribution >= 0.6 is 0 Å². The van der Waals surface area contributed by atoms with Crippen LogP contribution in [-0.2, 0) is 6.42 Å². The van der Waals surface area contributed by atoms with E-state index < -0.39 is 5.97 Å². The molecule has 0 fully saturated rings. The standard InChI is InChI=1S/C20H21N3O3/c1-13-6-7-14(2)23(13)18-10-15(8-9-17(18)20(25)26)19(24)5-3-4-16-11-21-12-22-16/h6-12H,3-5H2,1-2H3,(H,21,22)(H,25,26). The Labute approximate surface area is 151 Å². The van der Waals surface area contributed by atoms with Crippen molar-refractivity contribution < 1.29 is 14.7 Å². The summed E-state index contributed by atoms with van der Waals surface area (Å²) in [5.41, 5.74) is 4.08. The molecule has 0 saturated heterocycles. The van der Waals surface area contributed by atoms with Gasteiger partial charge in [0.2, 0.25) is 0 Å². The van der Waals surface area contributed by atoms with E-state index >= 15 is 0 Å². The summed E-state index contributed by atoms with van der Waals surface area (Å²) in [6, 6.07) is 8.65. The number of carbonyl (C=O) groups excluding carboxylic acids is 1. The predicted molar refractivity (Wildman–Crippen MR) is 98.1 cm³/mol. The number of hydrogen-bond acceptors (Lipinski definition) is 3. The van der Waals surface area contributed by atoms with Gasteiger partial charge < -0.3 is 14.7 Å². The lowest BCUT2D eigenvalue weighted by atomic mass is 10.0. The Kier molecular flexibility index (Phi) is 5.02. The fourth-order valence-electron chi connectivity index (χ4n) is 3.12. The molecule has 2 aromatic heterocycles. The molecule has 0 aliphatic rings. The molecule has 3 aromatic rings. The Balaban J connectivity index is 1.85. The molecule has 0 aliphatic carbocycles. The van der Waals surface area contributed by atoms with Crippen LogP contribution in [0.5, 0.6) is 0 Å². The first-order chi connectivity index (χ1) is 12.5. The van der Waals surface area contributed by atoms with Gasteiger partial charge in [-0.1, -0.05) is 6.07 Å². The molecule has 26 heavy (non-hydrogen) atoms. The Morgan fingerprint density at radius 2 is 1.88 bits per heavy atom. The second kappa shape index (κ2) is 7.39. The number of aromatic amines is 1. The Morgan fingerprint density at radius 1 is 1.15 bits per heavy atom. The number of aromatic carboxylic acids is 1. The Bertz CT molecular complexity index is 920. The maximum absolute atomic E-state index is 12.6. The summed E-state index contributed by atoms with van der Waals surface area (Å²) in [5.74, 6) is -1.00. The normalized spacial score (nSPS) is 10.8. The molecule has 2 heterocycles. The lowest BCUT2D eigenvalue weighted by Crippen LogP contribution is -2.10. The summed E-state index contributed by atoms with van der Waals surface area (Å²) >= 11 is 0. The van der Waals surface area contributed by atoms with Gasteiger partial charge in [0.15, 0.2) is 5.78 Å². The largest absolute Gasteiger partial charge is 0.478 e. The van der Waals surface area contributed by atoms with Crippen LogP contribution in [0, 0.1) is 13.8 Å². The van der Waals surface area contributed by atoms with E-state index in [-0.39, 0.29) is 11.3 Å². The van der Waals surface area contributed by atoms with Gasteiger partial charge in [-0.15, -0.1) is 0 Å². The molecular weight excluding hydrogens is 330 g/mol. The topological polar surface area (TPSA) is 88.0 Å². The van der Waals surface area contributed by atoms with Crippen LogP contribution in [0.4, 0.5) is 0 Å². The molecule has 0 aliphatic heterocycles. The van der Waals surface area contributed by atoms with Crippen molar-refractivity contribution in [1.29, 1.82) is 0 Å². The first kappa shape index (κ1) is 17.7. The molecule has 0 radical (unpaired) electrons. The summed E-state index contributed by atoms with van der Waals surface area (Å²) in [6.45, 7) is 3.83. The molecule has 0 bridgehead atoms. The van der Waals surface area contributed by atoms with Crippen molar-refractivity contribution in [1.82, 2.24) is 14.5 Å². The van der Waals surface area contributed by atoms with E-state index in [1.807, 2.05) is 30.5 Å².